The highest BCUT2D eigenvalue weighted by Gasteiger charge is 1.97. The normalized spacial score (nSPS) is 11.1. The number of rotatable bonds is 4. The van der Waals surface area contributed by atoms with Crippen LogP contribution in [-0.2, 0) is 0 Å². The van der Waals surface area contributed by atoms with Gasteiger partial charge in [0.2, 0.25) is 0 Å². The molecule has 0 amide bonds. The number of halogens is 2. The summed E-state index contributed by atoms with van der Waals surface area (Å²) in [6.45, 7) is 0.936. The van der Waals surface area contributed by atoms with Crippen molar-refractivity contribution in [3.05, 3.63) is 40.7 Å². The summed E-state index contributed by atoms with van der Waals surface area (Å²) in [5.74, 6) is -0.376. The maximum atomic E-state index is 12.8. The van der Waals surface area contributed by atoms with Crippen LogP contribution in [0.25, 0.3) is 6.08 Å². The first-order valence-electron chi connectivity index (χ1n) is 4.50. The van der Waals surface area contributed by atoms with Gasteiger partial charge in [-0.05, 0) is 37.7 Å². The van der Waals surface area contributed by atoms with E-state index in [1.54, 1.807) is 12.1 Å². The lowest BCUT2D eigenvalue weighted by Crippen LogP contribution is -2.05. The van der Waals surface area contributed by atoms with Gasteiger partial charge in [-0.2, -0.15) is 0 Å². The van der Waals surface area contributed by atoms with Crippen LogP contribution in [0.2, 0.25) is 5.02 Å². The van der Waals surface area contributed by atoms with E-state index in [9.17, 15) is 4.39 Å². The van der Waals surface area contributed by atoms with Gasteiger partial charge >= 0.3 is 0 Å². The first-order chi connectivity index (χ1) is 6.74. The van der Waals surface area contributed by atoms with Crippen LogP contribution in [0.5, 0.6) is 0 Å². The standard InChI is InChI=1S/C11H13ClFN/c1-14-7-3-2-4-9-5-6-11(13)10(12)8-9/h2,4-6,8,14H,3,7H2,1H3. The average molecular weight is 214 g/mol. The van der Waals surface area contributed by atoms with E-state index in [1.165, 1.54) is 6.07 Å². The molecule has 0 radical (unpaired) electrons. The Morgan fingerprint density at radius 1 is 1.50 bits per heavy atom. The molecule has 1 aromatic carbocycles. The van der Waals surface area contributed by atoms with Gasteiger partial charge in [0.05, 0.1) is 5.02 Å². The highest BCUT2D eigenvalue weighted by molar-refractivity contribution is 6.30. The summed E-state index contributed by atoms with van der Waals surface area (Å²) in [5.41, 5.74) is 0.924. The van der Waals surface area contributed by atoms with Crippen LogP contribution in [0.3, 0.4) is 0 Å². The topological polar surface area (TPSA) is 12.0 Å². The maximum Gasteiger partial charge on any atom is 0.141 e. The first-order valence-corrected chi connectivity index (χ1v) is 4.88. The Labute approximate surface area is 88.6 Å². The highest BCUT2D eigenvalue weighted by Crippen LogP contribution is 2.16. The van der Waals surface area contributed by atoms with Gasteiger partial charge in [0.25, 0.3) is 0 Å². The van der Waals surface area contributed by atoms with Gasteiger partial charge in [0.15, 0.2) is 0 Å². The van der Waals surface area contributed by atoms with Crippen LogP contribution in [-0.4, -0.2) is 13.6 Å². The minimum absolute atomic E-state index is 0.167. The van der Waals surface area contributed by atoms with Crippen molar-refractivity contribution in [3.8, 4) is 0 Å². The van der Waals surface area contributed by atoms with E-state index in [0.29, 0.717) is 0 Å². The molecule has 76 valence electrons. The third-order valence-corrected chi connectivity index (χ3v) is 2.10. The third kappa shape index (κ3) is 3.48. The van der Waals surface area contributed by atoms with Crippen molar-refractivity contribution in [1.29, 1.82) is 0 Å². The van der Waals surface area contributed by atoms with Gasteiger partial charge in [-0.1, -0.05) is 29.8 Å². The Bertz CT molecular complexity index is 323. The van der Waals surface area contributed by atoms with Crippen molar-refractivity contribution in [2.24, 2.45) is 0 Å². The molecule has 1 rings (SSSR count). The fourth-order valence-electron chi connectivity index (χ4n) is 1.06. The summed E-state index contributed by atoms with van der Waals surface area (Å²) in [7, 11) is 1.91. The van der Waals surface area contributed by atoms with Gasteiger partial charge in [-0.25, -0.2) is 4.39 Å². The van der Waals surface area contributed by atoms with Gasteiger partial charge in [0, 0.05) is 0 Å². The predicted molar refractivity (Wildman–Crippen MR) is 59.0 cm³/mol. The number of hydrogen-bond donors (Lipinski definition) is 1. The Hall–Kier alpha value is -0.860. The Morgan fingerprint density at radius 2 is 2.29 bits per heavy atom. The molecule has 1 N–H and O–H groups in total. The molecule has 0 spiro atoms. The lowest BCUT2D eigenvalue weighted by Gasteiger charge is -1.96. The van der Waals surface area contributed by atoms with Gasteiger partial charge < -0.3 is 5.32 Å². The molecular formula is C11H13ClFN. The molecule has 0 aliphatic carbocycles. The molecule has 14 heavy (non-hydrogen) atoms. The van der Waals surface area contributed by atoms with Crippen LogP contribution < -0.4 is 5.32 Å². The summed E-state index contributed by atoms with van der Waals surface area (Å²) >= 11 is 5.63. The number of nitrogens with one attached hydrogen (secondary N) is 1. The van der Waals surface area contributed by atoms with Gasteiger partial charge in [-0.15, -0.1) is 0 Å². The fraction of sp³-hybridized carbons (Fsp3) is 0.273. The largest absolute Gasteiger partial charge is 0.319 e. The van der Waals surface area contributed by atoms with E-state index < -0.39 is 0 Å². The van der Waals surface area contributed by atoms with E-state index in [-0.39, 0.29) is 10.8 Å². The first kappa shape index (κ1) is 11.2. The molecule has 1 aromatic rings. The fourth-order valence-corrected chi connectivity index (χ4v) is 1.25. The van der Waals surface area contributed by atoms with Crippen LogP contribution in [0, 0.1) is 5.82 Å². The van der Waals surface area contributed by atoms with E-state index in [0.717, 1.165) is 18.5 Å². The van der Waals surface area contributed by atoms with E-state index >= 15 is 0 Å². The Morgan fingerprint density at radius 3 is 2.93 bits per heavy atom. The lowest BCUT2D eigenvalue weighted by atomic mass is 10.2. The summed E-state index contributed by atoms with van der Waals surface area (Å²) in [6, 6.07) is 4.70. The molecule has 0 unspecified atom stereocenters. The molecule has 1 nitrogen and oxygen atoms in total. The Kier molecular flexibility index (Phi) is 4.63. The molecule has 0 fully saturated rings. The minimum Gasteiger partial charge on any atom is -0.319 e. The lowest BCUT2D eigenvalue weighted by molar-refractivity contribution is 0.628. The quantitative estimate of drug-likeness (QED) is 0.758. The molecule has 0 atom stereocenters. The van der Waals surface area contributed by atoms with Crippen molar-refractivity contribution in [2.45, 2.75) is 6.42 Å². The van der Waals surface area contributed by atoms with Crippen molar-refractivity contribution in [1.82, 2.24) is 5.32 Å². The van der Waals surface area contributed by atoms with Crippen LogP contribution >= 0.6 is 11.6 Å². The monoisotopic (exact) mass is 213 g/mol. The molecule has 0 aromatic heterocycles. The summed E-state index contributed by atoms with van der Waals surface area (Å²) in [5, 5.41) is 3.20. The van der Waals surface area contributed by atoms with Crippen molar-refractivity contribution in [2.75, 3.05) is 13.6 Å². The maximum absolute atomic E-state index is 12.8. The third-order valence-electron chi connectivity index (χ3n) is 1.81. The van der Waals surface area contributed by atoms with Gasteiger partial charge in [0.1, 0.15) is 5.82 Å². The second-order valence-corrected chi connectivity index (χ2v) is 3.38. The van der Waals surface area contributed by atoms with Crippen LogP contribution in [0.4, 0.5) is 4.39 Å². The molecule has 0 aliphatic rings. The van der Waals surface area contributed by atoms with Crippen molar-refractivity contribution < 1.29 is 4.39 Å². The van der Waals surface area contributed by atoms with Gasteiger partial charge in [-0.3, -0.25) is 0 Å². The average Bonchev–Trinajstić information content (AvgIpc) is 2.18. The van der Waals surface area contributed by atoms with Crippen LogP contribution in [0.15, 0.2) is 24.3 Å². The van der Waals surface area contributed by atoms with Crippen LogP contribution in [0.1, 0.15) is 12.0 Å². The Balaban J connectivity index is 2.59. The zero-order valence-electron chi connectivity index (χ0n) is 8.06. The molecule has 0 saturated heterocycles. The molecule has 3 heteroatoms. The molecule has 0 bridgehead atoms. The van der Waals surface area contributed by atoms with Crippen molar-refractivity contribution >= 4 is 17.7 Å². The zero-order chi connectivity index (χ0) is 10.4. The summed E-state index contributed by atoms with van der Waals surface area (Å²) in [6.07, 6.45) is 4.91. The van der Waals surface area contributed by atoms with Crippen molar-refractivity contribution in [3.63, 3.8) is 0 Å². The minimum atomic E-state index is -0.376. The molecule has 0 aliphatic heterocycles. The van der Waals surface area contributed by atoms with E-state index in [2.05, 4.69) is 5.32 Å². The second kappa shape index (κ2) is 5.78. The molecule has 0 saturated carbocycles. The predicted octanol–water partition coefficient (Wildman–Crippen LogP) is 3.10. The summed E-state index contributed by atoms with van der Waals surface area (Å²) in [4.78, 5) is 0. The van der Waals surface area contributed by atoms with E-state index in [4.69, 9.17) is 11.6 Å². The SMILES string of the molecule is CNCCC=Cc1ccc(F)c(Cl)c1. The van der Waals surface area contributed by atoms with E-state index in [1.807, 2.05) is 19.2 Å². The molecular weight excluding hydrogens is 201 g/mol. The number of hydrogen-bond acceptors (Lipinski definition) is 1. The molecule has 0 heterocycles. The zero-order valence-corrected chi connectivity index (χ0v) is 8.81. The second-order valence-electron chi connectivity index (χ2n) is 2.97. The number of benzene rings is 1. The smallest absolute Gasteiger partial charge is 0.141 e. The highest BCUT2D eigenvalue weighted by atomic mass is 35.5. The summed E-state index contributed by atoms with van der Waals surface area (Å²) < 4.78 is 12.8.